The third-order valence-corrected chi connectivity index (χ3v) is 3.69. The second-order valence-corrected chi connectivity index (χ2v) is 4.60. The molecule has 0 heterocycles. The minimum atomic E-state index is -0.0526. The van der Waals surface area contributed by atoms with Gasteiger partial charge in [-0.1, -0.05) is 18.6 Å². The lowest BCUT2D eigenvalue weighted by Gasteiger charge is -2.43. The first-order valence-electron chi connectivity index (χ1n) is 5.65. The molecule has 0 radical (unpaired) electrons. The summed E-state index contributed by atoms with van der Waals surface area (Å²) < 4.78 is 13.8. The van der Waals surface area contributed by atoms with Crippen LogP contribution >= 0.6 is 0 Å². The van der Waals surface area contributed by atoms with Crippen molar-refractivity contribution < 1.29 is 4.39 Å². The van der Waals surface area contributed by atoms with Gasteiger partial charge in [0.2, 0.25) is 0 Å². The van der Waals surface area contributed by atoms with Crippen molar-refractivity contribution in [3.8, 4) is 0 Å². The summed E-state index contributed by atoms with van der Waals surface area (Å²) in [5.41, 5.74) is 7.68. The van der Waals surface area contributed by atoms with Gasteiger partial charge < -0.3 is 5.73 Å². The van der Waals surface area contributed by atoms with Crippen LogP contribution in [0, 0.1) is 12.7 Å². The maximum atomic E-state index is 13.8. The van der Waals surface area contributed by atoms with Crippen molar-refractivity contribution in [1.82, 2.24) is 0 Å². The van der Waals surface area contributed by atoms with Crippen LogP contribution < -0.4 is 5.73 Å². The predicted octanol–water partition coefficient (Wildman–Crippen LogP) is 2.90. The molecule has 0 bridgehead atoms. The third kappa shape index (κ3) is 1.67. The number of halogens is 1. The van der Waals surface area contributed by atoms with E-state index in [-0.39, 0.29) is 11.2 Å². The van der Waals surface area contributed by atoms with Crippen molar-refractivity contribution in [2.75, 3.05) is 6.54 Å². The summed E-state index contributed by atoms with van der Waals surface area (Å²) in [6.07, 6.45) is 4.29. The maximum Gasteiger partial charge on any atom is 0.127 e. The van der Waals surface area contributed by atoms with E-state index in [4.69, 9.17) is 5.73 Å². The van der Waals surface area contributed by atoms with Gasteiger partial charge in [-0.05, 0) is 55.3 Å². The Balaban J connectivity index is 2.42. The Kier molecular flexibility index (Phi) is 2.79. The Labute approximate surface area is 90.5 Å². The highest BCUT2D eigenvalue weighted by atomic mass is 19.1. The number of hydrogen-bond donors (Lipinski definition) is 1. The molecular formula is C13H18FN. The van der Waals surface area contributed by atoms with Crippen LogP contribution in [0.15, 0.2) is 18.2 Å². The van der Waals surface area contributed by atoms with Crippen LogP contribution in [0.5, 0.6) is 0 Å². The first-order valence-corrected chi connectivity index (χ1v) is 5.65. The van der Waals surface area contributed by atoms with Gasteiger partial charge in [0.05, 0.1) is 0 Å². The summed E-state index contributed by atoms with van der Waals surface area (Å²) in [6, 6.07) is 5.34. The van der Waals surface area contributed by atoms with Gasteiger partial charge in [0.1, 0.15) is 5.82 Å². The highest BCUT2D eigenvalue weighted by Gasteiger charge is 2.40. The second kappa shape index (κ2) is 3.93. The molecule has 0 spiro atoms. The Bertz CT molecular complexity index is 335. The third-order valence-electron chi connectivity index (χ3n) is 3.69. The van der Waals surface area contributed by atoms with Gasteiger partial charge in [-0.2, -0.15) is 0 Å². The second-order valence-electron chi connectivity index (χ2n) is 4.60. The Morgan fingerprint density at radius 2 is 2.13 bits per heavy atom. The van der Waals surface area contributed by atoms with E-state index in [2.05, 4.69) is 0 Å². The minimum absolute atomic E-state index is 0.0458. The molecule has 15 heavy (non-hydrogen) atoms. The fourth-order valence-electron chi connectivity index (χ4n) is 2.81. The van der Waals surface area contributed by atoms with Crippen LogP contribution in [0.25, 0.3) is 0 Å². The molecule has 0 aliphatic heterocycles. The van der Waals surface area contributed by atoms with Crippen LogP contribution in [0.4, 0.5) is 4.39 Å². The van der Waals surface area contributed by atoms with Gasteiger partial charge >= 0.3 is 0 Å². The predicted molar refractivity (Wildman–Crippen MR) is 60.3 cm³/mol. The number of aryl methyl sites for hydroxylation is 1. The molecule has 1 fully saturated rings. The molecule has 0 unspecified atom stereocenters. The molecule has 1 saturated carbocycles. The number of rotatable bonds is 3. The van der Waals surface area contributed by atoms with Crippen LogP contribution in [0.2, 0.25) is 0 Å². The van der Waals surface area contributed by atoms with E-state index in [1.165, 1.54) is 6.42 Å². The number of nitrogens with two attached hydrogens (primary N) is 1. The van der Waals surface area contributed by atoms with Crippen molar-refractivity contribution in [2.24, 2.45) is 5.73 Å². The van der Waals surface area contributed by atoms with E-state index in [0.29, 0.717) is 6.54 Å². The Hall–Kier alpha value is -0.890. The minimum Gasteiger partial charge on any atom is -0.330 e. The normalized spacial score (nSPS) is 18.6. The van der Waals surface area contributed by atoms with Gasteiger partial charge in [0.25, 0.3) is 0 Å². The molecule has 2 heteroatoms. The van der Waals surface area contributed by atoms with Crippen LogP contribution in [-0.4, -0.2) is 6.54 Å². The summed E-state index contributed by atoms with van der Waals surface area (Å²) in [4.78, 5) is 0. The summed E-state index contributed by atoms with van der Waals surface area (Å²) in [6.45, 7) is 2.64. The van der Waals surface area contributed by atoms with Crippen LogP contribution in [0.3, 0.4) is 0 Å². The molecule has 82 valence electrons. The lowest BCUT2D eigenvalue weighted by atomic mass is 9.61. The van der Waals surface area contributed by atoms with E-state index in [9.17, 15) is 4.39 Å². The van der Waals surface area contributed by atoms with E-state index < -0.39 is 0 Å². The van der Waals surface area contributed by atoms with Crippen molar-refractivity contribution in [3.05, 3.63) is 35.1 Å². The van der Waals surface area contributed by atoms with E-state index in [1.807, 2.05) is 13.0 Å². The van der Waals surface area contributed by atoms with Crippen molar-refractivity contribution >= 4 is 0 Å². The molecule has 1 aromatic carbocycles. The maximum absolute atomic E-state index is 13.8. The first-order chi connectivity index (χ1) is 7.19. The van der Waals surface area contributed by atoms with Gasteiger partial charge in [0.15, 0.2) is 0 Å². The van der Waals surface area contributed by atoms with Crippen LogP contribution in [-0.2, 0) is 5.41 Å². The van der Waals surface area contributed by atoms with Gasteiger partial charge in [-0.15, -0.1) is 0 Å². The Morgan fingerprint density at radius 3 is 2.60 bits per heavy atom. The largest absolute Gasteiger partial charge is 0.330 e. The highest BCUT2D eigenvalue weighted by molar-refractivity contribution is 5.36. The summed E-state index contributed by atoms with van der Waals surface area (Å²) in [5, 5.41) is 0. The fourth-order valence-corrected chi connectivity index (χ4v) is 2.81. The smallest absolute Gasteiger partial charge is 0.127 e. The molecule has 1 nitrogen and oxygen atoms in total. The van der Waals surface area contributed by atoms with E-state index >= 15 is 0 Å². The van der Waals surface area contributed by atoms with Gasteiger partial charge in [-0.25, -0.2) is 4.39 Å². The summed E-state index contributed by atoms with van der Waals surface area (Å²) in [5.74, 6) is -0.0526. The molecule has 1 aliphatic carbocycles. The monoisotopic (exact) mass is 207 g/mol. The van der Waals surface area contributed by atoms with Gasteiger partial charge in [-0.3, -0.25) is 0 Å². The standard InChI is InChI=1S/C13H18FN/c1-10-4-2-5-11(14)12(10)13(8-9-15)6-3-7-13/h2,4-5H,3,6-9,15H2,1H3. The molecule has 0 aromatic heterocycles. The zero-order chi connectivity index (χ0) is 10.9. The average molecular weight is 207 g/mol. The zero-order valence-corrected chi connectivity index (χ0v) is 9.22. The quantitative estimate of drug-likeness (QED) is 0.810. The molecule has 2 rings (SSSR count). The molecule has 2 N–H and O–H groups in total. The van der Waals surface area contributed by atoms with Crippen molar-refractivity contribution in [3.63, 3.8) is 0 Å². The van der Waals surface area contributed by atoms with Crippen LogP contribution in [0.1, 0.15) is 36.8 Å². The Morgan fingerprint density at radius 1 is 1.40 bits per heavy atom. The number of benzene rings is 1. The van der Waals surface area contributed by atoms with Crippen molar-refractivity contribution in [1.29, 1.82) is 0 Å². The van der Waals surface area contributed by atoms with Gasteiger partial charge in [0, 0.05) is 0 Å². The molecular weight excluding hydrogens is 189 g/mol. The zero-order valence-electron chi connectivity index (χ0n) is 9.22. The molecule has 0 amide bonds. The first kappa shape index (κ1) is 10.6. The topological polar surface area (TPSA) is 26.0 Å². The summed E-state index contributed by atoms with van der Waals surface area (Å²) >= 11 is 0. The highest BCUT2D eigenvalue weighted by Crippen LogP contribution is 2.48. The molecule has 1 aromatic rings. The summed E-state index contributed by atoms with van der Waals surface area (Å²) in [7, 11) is 0. The SMILES string of the molecule is Cc1cccc(F)c1C1(CCN)CCC1. The molecule has 0 saturated heterocycles. The van der Waals surface area contributed by atoms with E-state index in [1.54, 1.807) is 12.1 Å². The lowest BCUT2D eigenvalue weighted by molar-refractivity contribution is 0.221. The lowest BCUT2D eigenvalue weighted by Crippen LogP contribution is -2.38. The molecule has 1 aliphatic rings. The number of hydrogen-bond acceptors (Lipinski definition) is 1. The van der Waals surface area contributed by atoms with Crippen molar-refractivity contribution in [2.45, 2.75) is 38.0 Å². The average Bonchev–Trinajstić information content (AvgIpc) is 2.13. The van der Waals surface area contributed by atoms with E-state index in [0.717, 1.165) is 30.4 Å². The molecule has 0 atom stereocenters. The fraction of sp³-hybridized carbons (Fsp3) is 0.538.